The average Bonchev–Trinajstić information content (AvgIpc) is 3.41. The largest absolute Gasteiger partial charge is 0.490 e. The Morgan fingerprint density at radius 2 is 1.96 bits per heavy atom. The number of anilines is 1. The van der Waals surface area contributed by atoms with Gasteiger partial charge in [-0.3, -0.25) is 9.89 Å². The predicted octanol–water partition coefficient (Wildman–Crippen LogP) is 3.50. The van der Waals surface area contributed by atoms with E-state index in [0.29, 0.717) is 29.4 Å². The summed E-state index contributed by atoms with van der Waals surface area (Å²) in [5, 5.41) is 9.83. The number of nitrogens with one attached hydrogen (secondary N) is 2. The van der Waals surface area contributed by atoms with Gasteiger partial charge in [0.25, 0.3) is 5.91 Å². The van der Waals surface area contributed by atoms with Crippen LogP contribution in [0, 0.1) is 0 Å². The third kappa shape index (κ3) is 4.20. The number of aromatic nitrogens is 3. The van der Waals surface area contributed by atoms with Crippen LogP contribution in [0.4, 0.5) is 5.69 Å². The highest BCUT2D eigenvalue weighted by molar-refractivity contribution is 6.04. The molecule has 0 aliphatic heterocycles. The quantitative estimate of drug-likeness (QED) is 0.610. The second-order valence-electron chi connectivity index (χ2n) is 6.89. The maximum Gasteiger partial charge on any atom is 0.255 e. The minimum absolute atomic E-state index is 0.173. The molecule has 0 bridgehead atoms. The van der Waals surface area contributed by atoms with Crippen molar-refractivity contribution in [3.8, 4) is 17.1 Å². The lowest BCUT2D eigenvalue weighted by atomic mass is 10.1. The van der Waals surface area contributed by atoms with Gasteiger partial charge in [-0.05, 0) is 68.1 Å². The maximum absolute atomic E-state index is 12.6. The minimum atomic E-state index is -0.173. The molecule has 0 saturated heterocycles. The van der Waals surface area contributed by atoms with Crippen molar-refractivity contribution in [2.45, 2.75) is 38.3 Å². The van der Waals surface area contributed by atoms with E-state index in [-0.39, 0.29) is 12.0 Å². The molecule has 0 unspecified atom stereocenters. The summed E-state index contributed by atoms with van der Waals surface area (Å²) in [4.78, 5) is 16.9. The van der Waals surface area contributed by atoms with Crippen molar-refractivity contribution >= 4 is 11.6 Å². The molecule has 1 aliphatic carbocycles. The molecule has 0 atom stereocenters. The molecule has 0 spiro atoms. The first-order valence-electron chi connectivity index (χ1n) is 9.51. The van der Waals surface area contributed by atoms with Gasteiger partial charge in [-0.15, -0.1) is 0 Å². The van der Waals surface area contributed by atoms with E-state index in [1.165, 1.54) is 12.8 Å². The Labute approximate surface area is 163 Å². The van der Waals surface area contributed by atoms with Crippen LogP contribution < -0.4 is 15.8 Å². The molecule has 1 aliphatic rings. The number of amides is 1. The number of ether oxygens (including phenoxy) is 1. The Kier molecular flexibility index (Phi) is 5.34. The molecule has 1 heterocycles. The number of nitrogens with zero attached hydrogens (tertiary/aromatic N) is 2. The summed E-state index contributed by atoms with van der Waals surface area (Å²) in [5.74, 6) is 1.78. The molecule has 4 N–H and O–H groups in total. The lowest BCUT2D eigenvalue weighted by molar-refractivity contribution is 0.102. The molecule has 4 rings (SSSR count). The van der Waals surface area contributed by atoms with E-state index in [2.05, 4.69) is 20.5 Å². The molecule has 28 heavy (non-hydrogen) atoms. The van der Waals surface area contributed by atoms with Crippen molar-refractivity contribution in [1.29, 1.82) is 0 Å². The van der Waals surface area contributed by atoms with Crippen LogP contribution >= 0.6 is 0 Å². The molecule has 7 heteroatoms. The van der Waals surface area contributed by atoms with Crippen molar-refractivity contribution in [2.75, 3.05) is 5.32 Å². The molecule has 1 saturated carbocycles. The summed E-state index contributed by atoms with van der Waals surface area (Å²) >= 11 is 0. The van der Waals surface area contributed by atoms with Gasteiger partial charge in [0.2, 0.25) is 0 Å². The first-order chi connectivity index (χ1) is 13.7. The Morgan fingerprint density at radius 3 is 2.68 bits per heavy atom. The molecule has 1 amide bonds. The van der Waals surface area contributed by atoms with E-state index in [1.54, 1.807) is 12.1 Å². The topological polar surface area (TPSA) is 106 Å². The van der Waals surface area contributed by atoms with Crippen molar-refractivity contribution in [1.82, 2.24) is 15.2 Å². The number of carbonyl (C=O) groups excluding carboxylic acids is 1. The Hall–Kier alpha value is -3.19. The summed E-state index contributed by atoms with van der Waals surface area (Å²) < 4.78 is 5.99. The average molecular weight is 377 g/mol. The third-order valence-corrected chi connectivity index (χ3v) is 4.83. The zero-order valence-corrected chi connectivity index (χ0v) is 15.5. The second-order valence-corrected chi connectivity index (χ2v) is 6.89. The number of carbonyl (C=O) groups is 1. The first kappa shape index (κ1) is 18.2. The van der Waals surface area contributed by atoms with Crippen LogP contribution in [-0.2, 0) is 6.54 Å². The fraction of sp³-hybridized carbons (Fsp3) is 0.286. The maximum atomic E-state index is 12.6. The SMILES string of the molecule is NCc1nc(-c2ccc(NC(=O)c3cccc(OC4CCCC4)c3)cc2)n[nH]1. The van der Waals surface area contributed by atoms with E-state index in [4.69, 9.17) is 10.5 Å². The molecule has 2 aromatic carbocycles. The Bertz CT molecular complexity index is 945. The number of hydrogen-bond donors (Lipinski definition) is 3. The fourth-order valence-electron chi connectivity index (χ4n) is 3.33. The van der Waals surface area contributed by atoms with Crippen LogP contribution in [0.3, 0.4) is 0 Å². The highest BCUT2D eigenvalue weighted by Gasteiger charge is 2.17. The molecule has 144 valence electrons. The van der Waals surface area contributed by atoms with Crippen LogP contribution in [0.25, 0.3) is 11.4 Å². The number of aromatic amines is 1. The lowest BCUT2D eigenvalue weighted by Crippen LogP contribution is -2.14. The zero-order valence-electron chi connectivity index (χ0n) is 15.5. The summed E-state index contributed by atoms with van der Waals surface area (Å²) in [6, 6.07) is 14.7. The minimum Gasteiger partial charge on any atom is -0.490 e. The van der Waals surface area contributed by atoms with Crippen molar-refractivity contribution in [2.24, 2.45) is 5.73 Å². The molecular weight excluding hydrogens is 354 g/mol. The predicted molar refractivity (Wildman–Crippen MR) is 107 cm³/mol. The van der Waals surface area contributed by atoms with E-state index >= 15 is 0 Å². The number of rotatable bonds is 6. The second kappa shape index (κ2) is 8.22. The summed E-state index contributed by atoms with van der Waals surface area (Å²) in [5.41, 5.74) is 7.66. The highest BCUT2D eigenvalue weighted by Crippen LogP contribution is 2.25. The number of benzene rings is 2. The number of nitrogens with two attached hydrogens (primary N) is 1. The van der Waals surface area contributed by atoms with Gasteiger partial charge < -0.3 is 15.8 Å². The van der Waals surface area contributed by atoms with Crippen LogP contribution in [0.2, 0.25) is 0 Å². The molecule has 7 nitrogen and oxygen atoms in total. The van der Waals surface area contributed by atoms with Gasteiger partial charge in [0.05, 0.1) is 12.6 Å². The van der Waals surface area contributed by atoms with Crippen molar-refractivity contribution in [3.05, 3.63) is 59.9 Å². The molecule has 0 radical (unpaired) electrons. The van der Waals surface area contributed by atoms with Gasteiger partial charge >= 0.3 is 0 Å². The Balaban J connectivity index is 1.41. The highest BCUT2D eigenvalue weighted by atomic mass is 16.5. The van der Waals surface area contributed by atoms with E-state index in [9.17, 15) is 4.79 Å². The van der Waals surface area contributed by atoms with Gasteiger partial charge in [-0.25, -0.2) is 4.98 Å². The van der Waals surface area contributed by atoms with Gasteiger partial charge in [-0.2, -0.15) is 5.10 Å². The number of H-pyrrole nitrogens is 1. The Morgan fingerprint density at radius 1 is 1.18 bits per heavy atom. The number of hydrogen-bond acceptors (Lipinski definition) is 5. The standard InChI is InChI=1S/C21H23N5O2/c22-13-19-24-20(26-25-19)14-8-10-16(11-9-14)23-21(27)15-4-3-7-18(12-15)28-17-5-1-2-6-17/h3-4,7-12,17H,1-2,5-6,13,22H2,(H,23,27)(H,24,25,26). The molecule has 1 aromatic heterocycles. The summed E-state index contributed by atoms with van der Waals surface area (Å²) in [6.45, 7) is 0.310. The fourth-order valence-corrected chi connectivity index (χ4v) is 3.33. The smallest absolute Gasteiger partial charge is 0.255 e. The van der Waals surface area contributed by atoms with Gasteiger partial charge in [0.15, 0.2) is 5.82 Å². The summed E-state index contributed by atoms with van der Waals surface area (Å²) in [7, 11) is 0. The third-order valence-electron chi connectivity index (χ3n) is 4.83. The van der Waals surface area contributed by atoms with E-state index < -0.39 is 0 Å². The van der Waals surface area contributed by atoms with Gasteiger partial charge in [0.1, 0.15) is 11.6 Å². The van der Waals surface area contributed by atoms with Crippen molar-refractivity contribution in [3.63, 3.8) is 0 Å². The molecular formula is C21H23N5O2. The monoisotopic (exact) mass is 377 g/mol. The normalized spacial score (nSPS) is 14.2. The zero-order chi connectivity index (χ0) is 19.3. The van der Waals surface area contributed by atoms with Crippen LogP contribution in [-0.4, -0.2) is 27.2 Å². The molecule has 3 aromatic rings. The summed E-state index contributed by atoms with van der Waals surface area (Å²) in [6.07, 6.45) is 4.85. The van der Waals surface area contributed by atoms with E-state index in [0.717, 1.165) is 24.2 Å². The van der Waals surface area contributed by atoms with Crippen LogP contribution in [0.1, 0.15) is 41.9 Å². The van der Waals surface area contributed by atoms with Gasteiger partial charge in [-0.1, -0.05) is 6.07 Å². The lowest BCUT2D eigenvalue weighted by Gasteiger charge is -2.14. The van der Waals surface area contributed by atoms with Crippen LogP contribution in [0.15, 0.2) is 48.5 Å². The molecule has 1 fully saturated rings. The first-order valence-corrected chi connectivity index (χ1v) is 9.51. The van der Waals surface area contributed by atoms with Crippen LogP contribution in [0.5, 0.6) is 5.75 Å². The van der Waals surface area contributed by atoms with Gasteiger partial charge in [0, 0.05) is 16.8 Å². The van der Waals surface area contributed by atoms with Crippen molar-refractivity contribution < 1.29 is 9.53 Å². The van der Waals surface area contributed by atoms with E-state index in [1.807, 2.05) is 36.4 Å².